The van der Waals surface area contributed by atoms with Gasteiger partial charge in [0.25, 0.3) is 0 Å². The molecule has 0 aromatic carbocycles. The van der Waals surface area contributed by atoms with Crippen LogP contribution in [0.25, 0.3) is 0 Å². The summed E-state index contributed by atoms with van der Waals surface area (Å²) in [6, 6.07) is 0. The van der Waals surface area contributed by atoms with Crippen LogP contribution < -0.4 is 5.46 Å². The topological polar surface area (TPSA) is 30.3 Å². The third kappa shape index (κ3) is 2.59. The van der Waals surface area contributed by atoms with E-state index in [0.717, 1.165) is 39.4 Å². The Hall–Kier alpha value is -0.805. The Morgan fingerprint density at radius 1 is 1.36 bits per heavy atom. The van der Waals surface area contributed by atoms with Gasteiger partial charge in [0.1, 0.15) is 7.85 Å². The van der Waals surface area contributed by atoms with Gasteiger partial charge in [0.2, 0.25) is 0 Å². The van der Waals surface area contributed by atoms with Crippen LogP contribution in [0.1, 0.15) is 0 Å². The molecule has 0 bridgehead atoms. The second-order valence-corrected chi connectivity index (χ2v) is 3.73. The molecule has 1 aliphatic heterocycles. The van der Waals surface area contributed by atoms with Gasteiger partial charge in [-0.05, 0) is 0 Å². The highest BCUT2D eigenvalue weighted by Crippen LogP contribution is 1.96. The molecule has 1 saturated heterocycles. The molecule has 1 fully saturated rings. The summed E-state index contributed by atoms with van der Waals surface area (Å²) >= 11 is 0. The first-order chi connectivity index (χ1) is 6.84. The molecule has 0 unspecified atom stereocenters. The summed E-state index contributed by atoms with van der Waals surface area (Å²) in [4.78, 5) is 2.42. The molecule has 4 nitrogen and oxygen atoms in total. The molecule has 1 aromatic rings. The van der Waals surface area contributed by atoms with Crippen LogP contribution in [0.2, 0.25) is 0 Å². The molecule has 0 radical (unpaired) electrons. The van der Waals surface area contributed by atoms with E-state index in [1.54, 1.807) is 0 Å². The summed E-state index contributed by atoms with van der Waals surface area (Å²) in [5.41, 5.74) is 1.23. The van der Waals surface area contributed by atoms with Gasteiger partial charge in [-0.15, -0.1) is 0 Å². The Balaban J connectivity index is 1.76. The average Bonchev–Trinajstić information content (AvgIpc) is 2.63. The van der Waals surface area contributed by atoms with Crippen LogP contribution in [0, 0.1) is 0 Å². The van der Waals surface area contributed by atoms with Crippen molar-refractivity contribution in [3.8, 4) is 0 Å². The van der Waals surface area contributed by atoms with Crippen molar-refractivity contribution in [2.24, 2.45) is 0 Å². The third-order valence-electron chi connectivity index (χ3n) is 2.51. The van der Waals surface area contributed by atoms with Crippen LogP contribution in [0.5, 0.6) is 0 Å². The van der Waals surface area contributed by atoms with Crippen LogP contribution in [-0.4, -0.2) is 55.4 Å². The molecule has 1 aliphatic rings. The van der Waals surface area contributed by atoms with Gasteiger partial charge in [-0.2, -0.15) is 5.10 Å². The predicted molar refractivity (Wildman–Crippen MR) is 57.7 cm³/mol. The zero-order valence-corrected chi connectivity index (χ0v) is 8.65. The SMILES string of the molecule is Bc1cnn(CCN2CCOCC2)c1. The van der Waals surface area contributed by atoms with E-state index in [2.05, 4.69) is 24.0 Å². The van der Waals surface area contributed by atoms with Crippen molar-refractivity contribution in [1.29, 1.82) is 0 Å². The minimum atomic E-state index is 0.873. The fraction of sp³-hybridized carbons (Fsp3) is 0.667. The molecule has 0 saturated carbocycles. The monoisotopic (exact) mass is 193 g/mol. The van der Waals surface area contributed by atoms with Crippen LogP contribution in [0.15, 0.2) is 12.4 Å². The van der Waals surface area contributed by atoms with Gasteiger partial charge < -0.3 is 4.74 Å². The van der Waals surface area contributed by atoms with Crippen LogP contribution in [-0.2, 0) is 11.3 Å². The summed E-state index contributed by atoms with van der Waals surface area (Å²) in [7, 11) is 2.07. The summed E-state index contributed by atoms with van der Waals surface area (Å²) in [6.07, 6.45) is 3.99. The average molecular weight is 193 g/mol. The minimum absolute atomic E-state index is 0.873. The van der Waals surface area contributed by atoms with Crippen molar-refractivity contribution < 1.29 is 4.74 Å². The van der Waals surface area contributed by atoms with E-state index in [-0.39, 0.29) is 0 Å². The maximum Gasteiger partial charge on any atom is 0.143 e. The fourth-order valence-electron chi connectivity index (χ4n) is 1.66. The van der Waals surface area contributed by atoms with E-state index in [1.165, 1.54) is 5.46 Å². The van der Waals surface area contributed by atoms with Gasteiger partial charge in [0.15, 0.2) is 0 Å². The lowest BCUT2D eigenvalue weighted by molar-refractivity contribution is 0.0360. The highest BCUT2D eigenvalue weighted by molar-refractivity contribution is 6.31. The number of hydrogen-bond acceptors (Lipinski definition) is 3. The molecule has 5 heteroatoms. The Bertz CT molecular complexity index is 283. The predicted octanol–water partition coefficient (Wildman–Crippen LogP) is -1.53. The molecule has 76 valence electrons. The van der Waals surface area contributed by atoms with Crippen LogP contribution in [0.3, 0.4) is 0 Å². The first kappa shape index (κ1) is 9.74. The van der Waals surface area contributed by atoms with Crippen molar-refractivity contribution in [1.82, 2.24) is 14.7 Å². The largest absolute Gasteiger partial charge is 0.379 e. The minimum Gasteiger partial charge on any atom is -0.379 e. The molecule has 0 amide bonds. The lowest BCUT2D eigenvalue weighted by Crippen LogP contribution is -2.38. The maximum atomic E-state index is 5.29. The van der Waals surface area contributed by atoms with E-state index in [4.69, 9.17) is 4.74 Å². The zero-order valence-electron chi connectivity index (χ0n) is 8.65. The Labute approximate surface area is 85.2 Å². The van der Waals surface area contributed by atoms with Crippen LogP contribution in [0.4, 0.5) is 0 Å². The zero-order chi connectivity index (χ0) is 9.80. The van der Waals surface area contributed by atoms with Gasteiger partial charge in [0.05, 0.1) is 19.8 Å². The number of ether oxygens (including phenoxy) is 1. The molecule has 14 heavy (non-hydrogen) atoms. The van der Waals surface area contributed by atoms with Gasteiger partial charge in [-0.25, -0.2) is 0 Å². The lowest BCUT2D eigenvalue weighted by atomic mass is 10.0. The molecular formula is C9H16BN3O. The number of morpholine rings is 1. The first-order valence-electron chi connectivity index (χ1n) is 5.14. The second kappa shape index (κ2) is 4.62. The number of rotatable bonds is 3. The molecule has 2 heterocycles. The van der Waals surface area contributed by atoms with Gasteiger partial charge in [0, 0.05) is 32.0 Å². The first-order valence-corrected chi connectivity index (χ1v) is 5.14. The molecule has 0 aliphatic carbocycles. The molecule has 0 atom stereocenters. The van der Waals surface area contributed by atoms with Crippen molar-refractivity contribution in [2.45, 2.75) is 6.54 Å². The van der Waals surface area contributed by atoms with E-state index in [1.807, 2.05) is 10.9 Å². The third-order valence-corrected chi connectivity index (χ3v) is 2.51. The number of aromatic nitrogens is 2. The quantitative estimate of drug-likeness (QED) is 0.546. The summed E-state index contributed by atoms with van der Waals surface area (Å²) < 4.78 is 7.30. The van der Waals surface area contributed by atoms with Crippen molar-refractivity contribution >= 4 is 13.3 Å². The van der Waals surface area contributed by atoms with E-state index < -0.39 is 0 Å². The van der Waals surface area contributed by atoms with Gasteiger partial charge >= 0.3 is 0 Å². The second-order valence-electron chi connectivity index (χ2n) is 3.73. The van der Waals surface area contributed by atoms with Crippen LogP contribution >= 0.6 is 0 Å². The highest BCUT2D eigenvalue weighted by atomic mass is 16.5. The van der Waals surface area contributed by atoms with E-state index >= 15 is 0 Å². The van der Waals surface area contributed by atoms with Crippen molar-refractivity contribution in [2.75, 3.05) is 32.8 Å². The Morgan fingerprint density at radius 3 is 2.79 bits per heavy atom. The summed E-state index contributed by atoms with van der Waals surface area (Å²) in [5.74, 6) is 0. The lowest BCUT2D eigenvalue weighted by Gasteiger charge is -2.26. The fourth-order valence-corrected chi connectivity index (χ4v) is 1.66. The molecule has 0 N–H and O–H groups in total. The van der Waals surface area contributed by atoms with Gasteiger partial charge in [-0.1, -0.05) is 5.46 Å². The maximum absolute atomic E-state index is 5.29. The summed E-state index contributed by atoms with van der Waals surface area (Å²) in [6.45, 7) is 5.91. The summed E-state index contributed by atoms with van der Waals surface area (Å²) in [5, 5.41) is 4.26. The smallest absolute Gasteiger partial charge is 0.143 e. The molecule has 0 spiro atoms. The molecular weight excluding hydrogens is 177 g/mol. The standard InChI is InChI=1S/C9H16BN3O/c10-9-7-11-13(8-9)2-1-12-3-5-14-6-4-12/h7-8H,1-6,10H2. The van der Waals surface area contributed by atoms with Crippen molar-refractivity contribution in [3.63, 3.8) is 0 Å². The number of nitrogens with zero attached hydrogens (tertiary/aromatic N) is 3. The van der Waals surface area contributed by atoms with Crippen molar-refractivity contribution in [3.05, 3.63) is 12.4 Å². The van der Waals surface area contributed by atoms with Gasteiger partial charge in [-0.3, -0.25) is 9.58 Å². The molecule has 1 aromatic heterocycles. The Kier molecular flexibility index (Phi) is 3.21. The Morgan fingerprint density at radius 2 is 2.14 bits per heavy atom. The van der Waals surface area contributed by atoms with E-state index in [0.29, 0.717) is 0 Å². The highest BCUT2D eigenvalue weighted by Gasteiger charge is 2.09. The van der Waals surface area contributed by atoms with E-state index in [9.17, 15) is 0 Å². The normalized spacial score (nSPS) is 18.6. The number of hydrogen-bond donors (Lipinski definition) is 0. The molecule has 2 rings (SSSR count).